The van der Waals surface area contributed by atoms with Crippen molar-refractivity contribution >= 4 is 27.6 Å². The summed E-state index contributed by atoms with van der Waals surface area (Å²) in [4.78, 5) is 10.8. The predicted molar refractivity (Wildman–Crippen MR) is 69.8 cm³/mol. The third-order valence-corrected chi connectivity index (χ3v) is 3.22. The maximum absolute atomic E-state index is 11.1. The Balaban J connectivity index is 2.57. The first-order valence-electron chi connectivity index (χ1n) is 5.65. The molecule has 0 atom stereocenters. The summed E-state index contributed by atoms with van der Waals surface area (Å²) < 4.78 is 5.71. The summed E-state index contributed by atoms with van der Waals surface area (Å²) in [5.41, 5.74) is 2.74. The first-order valence-corrected chi connectivity index (χ1v) is 5.65. The molecule has 0 bridgehead atoms. The molecule has 1 aromatic heterocycles. The molecule has 0 fully saturated rings. The van der Waals surface area contributed by atoms with Gasteiger partial charge in [0.15, 0.2) is 0 Å². The first kappa shape index (κ1) is 10.8. The molecule has 0 amide bonds. The molecular formula is C14H11NO3. The molecular weight excluding hydrogens is 230 g/mol. The van der Waals surface area contributed by atoms with Crippen LogP contribution in [0.1, 0.15) is 11.1 Å². The van der Waals surface area contributed by atoms with Crippen LogP contribution in [0, 0.1) is 24.0 Å². The smallest absolute Gasteiger partial charge is 0.315 e. The topological polar surface area (TPSA) is 56.3 Å². The molecule has 0 aliphatic heterocycles. The molecule has 0 unspecified atom stereocenters. The summed E-state index contributed by atoms with van der Waals surface area (Å²) >= 11 is 0. The minimum Gasteiger partial charge on any atom is -0.449 e. The molecule has 4 nitrogen and oxygen atoms in total. The van der Waals surface area contributed by atoms with E-state index in [1.807, 2.05) is 31.2 Å². The molecule has 2 aromatic carbocycles. The normalized spacial score (nSPS) is 11.2. The van der Waals surface area contributed by atoms with Crippen LogP contribution in [0.2, 0.25) is 0 Å². The van der Waals surface area contributed by atoms with Gasteiger partial charge in [-0.15, -0.1) is 0 Å². The Labute approximate surface area is 103 Å². The highest BCUT2D eigenvalue weighted by Gasteiger charge is 2.21. The molecule has 0 saturated carbocycles. The number of para-hydroxylation sites is 1. The number of aryl methyl sites for hydroxylation is 2. The van der Waals surface area contributed by atoms with Crippen molar-refractivity contribution in [3.63, 3.8) is 0 Å². The third-order valence-electron chi connectivity index (χ3n) is 3.22. The third kappa shape index (κ3) is 1.32. The second kappa shape index (κ2) is 3.57. The minimum atomic E-state index is -0.380. The molecule has 0 saturated heterocycles. The average molecular weight is 241 g/mol. The minimum absolute atomic E-state index is 0.0584. The van der Waals surface area contributed by atoms with E-state index in [0.29, 0.717) is 11.1 Å². The molecule has 0 radical (unpaired) electrons. The SMILES string of the molecule is Cc1ccc2c(oc3c(C)cccc32)c1[N+](=O)[O-]. The average Bonchev–Trinajstić information content (AvgIpc) is 2.68. The zero-order chi connectivity index (χ0) is 12.9. The molecule has 3 aromatic rings. The maximum atomic E-state index is 11.1. The van der Waals surface area contributed by atoms with Gasteiger partial charge < -0.3 is 4.42 Å². The highest BCUT2D eigenvalue weighted by atomic mass is 16.6. The van der Waals surface area contributed by atoms with Gasteiger partial charge in [0.25, 0.3) is 0 Å². The number of fused-ring (bicyclic) bond motifs is 3. The van der Waals surface area contributed by atoms with Crippen molar-refractivity contribution in [1.29, 1.82) is 0 Å². The van der Waals surface area contributed by atoms with Crippen LogP contribution in [0.15, 0.2) is 34.7 Å². The molecule has 0 spiro atoms. The summed E-state index contributed by atoms with van der Waals surface area (Å²) in [7, 11) is 0. The van der Waals surface area contributed by atoms with Crippen LogP contribution in [0.5, 0.6) is 0 Å². The van der Waals surface area contributed by atoms with Gasteiger partial charge in [0, 0.05) is 16.3 Å². The lowest BCUT2D eigenvalue weighted by molar-refractivity contribution is -0.384. The van der Waals surface area contributed by atoms with Crippen molar-refractivity contribution in [2.45, 2.75) is 13.8 Å². The summed E-state index contributed by atoms with van der Waals surface area (Å²) in [6.07, 6.45) is 0. The van der Waals surface area contributed by atoms with Crippen molar-refractivity contribution in [2.75, 3.05) is 0 Å². The Kier molecular flexibility index (Phi) is 2.13. The predicted octanol–water partition coefficient (Wildman–Crippen LogP) is 4.11. The number of nitro groups is 1. The fraction of sp³-hybridized carbons (Fsp3) is 0.143. The number of benzene rings is 2. The summed E-state index contributed by atoms with van der Waals surface area (Å²) in [6, 6.07) is 9.43. The highest BCUT2D eigenvalue weighted by Crippen LogP contribution is 2.37. The largest absolute Gasteiger partial charge is 0.449 e. The molecule has 3 rings (SSSR count). The van der Waals surface area contributed by atoms with E-state index in [0.717, 1.165) is 21.9 Å². The van der Waals surface area contributed by atoms with Gasteiger partial charge in [0.2, 0.25) is 5.58 Å². The van der Waals surface area contributed by atoms with E-state index in [1.54, 1.807) is 13.0 Å². The summed E-state index contributed by atoms with van der Waals surface area (Å²) in [5.74, 6) is 0. The number of hydrogen-bond donors (Lipinski definition) is 0. The molecule has 0 N–H and O–H groups in total. The van der Waals surface area contributed by atoms with Gasteiger partial charge in [-0.1, -0.05) is 24.3 Å². The molecule has 0 aliphatic rings. The van der Waals surface area contributed by atoms with Crippen LogP contribution in [0.4, 0.5) is 5.69 Å². The quantitative estimate of drug-likeness (QED) is 0.475. The lowest BCUT2D eigenvalue weighted by Crippen LogP contribution is -1.91. The zero-order valence-electron chi connectivity index (χ0n) is 10.1. The van der Waals surface area contributed by atoms with E-state index in [1.165, 1.54) is 0 Å². The molecule has 0 aliphatic carbocycles. The van der Waals surface area contributed by atoms with E-state index >= 15 is 0 Å². The van der Waals surface area contributed by atoms with Crippen molar-refractivity contribution in [1.82, 2.24) is 0 Å². The van der Waals surface area contributed by atoms with Crippen LogP contribution in [-0.2, 0) is 0 Å². The van der Waals surface area contributed by atoms with Crippen LogP contribution in [-0.4, -0.2) is 4.92 Å². The van der Waals surface area contributed by atoms with Gasteiger partial charge in [0.1, 0.15) is 5.58 Å². The maximum Gasteiger partial charge on any atom is 0.315 e. The number of rotatable bonds is 1. The van der Waals surface area contributed by atoms with E-state index in [4.69, 9.17) is 4.42 Å². The van der Waals surface area contributed by atoms with Crippen molar-refractivity contribution in [3.8, 4) is 0 Å². The van der Waals surface area contributed by atoms with Crippen LogP contribution in [0.25, 0.3) is 21.9 Å². The van der Waals surface area contributed by atoms with E-state index in [-0.39, 0.29) is 10.6 Å². The van der Waals surface area contributed by atoms with Crippen molar-refractivity contribution in [2.24, 2.45) is 0 Å². The highest BCUT2D eigenvalue weighted by molar-refractivity contribution is 6.08. The number of furan rings is 1. The lowest BCUT2D eigenvalue weighted by atomic mass is 10.1. The number of nitrogens with zero attached hydrogens (tertiary/aromatic N) is 1. The molecule has 18 heavy (non-hydrogen) atoms. The monoisotopic (exact) mass is 241 g/mol. The fourth-order valence-corrected chi connectivity index (χ4v) is 2.31. The van der Waals surface area contributed by atoms with Gasteiger partial charge in [-0.2, -0.15) is 0 Å². The van der Waals surface area contributed by atoms with E-state index < -0.39 is 0 Å². The lowest BCUT2D eigenvalue weighted by Gasteiger charge is -1.96. The van der Waals surface area contributed by atoms with Gasteiger partial charge in [-0.3, -0.25) is 10.1 Å². The van der Waals surface area contributed by atoms with E-state index in [2.05, 4.69) is 0 Å². The van der Waals surface area contributed by atoms with Crippen molar-refractivity contribution in [3.05, 3.63) is 51.6 Å². The summed E-state index contributed by atoms with van der Waals surface area (Å²) in [6.45, 7) is 3.65. The fourth-order valence-electron chi connectivity index (χ4n) is 2.31. The van der Waals surface area contributed by atoms with Gasteiger partial charge in [0.05, 0.1) is 4.92 Å². The molecule has 1 heterocycles. The Morgan fingerprint density at radius 1 is 1.00 bits per heavy atom. The molecule has 90 valence electrons. The van der Waals surface area contributed by atoms with Crippen LogP contribution < -0.4 is 0 Å². The first-order chi connectivity index (χ1) is 8.59. The Hall–Kier alpha value is -2.36. The standard InChI is InChI=1S/C14H11NO3/c1-8-6-7-11-10-5-3-4-9(2)13(10)18-14(11)12(8)15(16)17/h3-7H,1-2H3. The van der Waals surface area contributed by atoms with E-state index in [9.17, 15) is 10.1 Å². The Bertz CT molecular complexity index is 786. The number of hydrogen-bond acceptors (Lipinski definition) is 3. The van der Waals surface area contributed by atoms with Crippen LogP contribution in [0.3, 0.4) is 0 Å². The van der Waals surface area contributed by atoms with Gasteiger partial charge >= 0.3 is 5.69 Å². The van der Waals surface area contributed by atoms with Gasteiger partial charge in [-0.05, 0) is 25.5 Å². The second-order valence-corrected chi connectivity index (χ2v) is 4.42. The number of nitro benzene ring substituents is 1. The Morgan fingerprint density at radius 3 is 2.44 bits per heavy atom. The van der Waals surface area contributed by atoms with Crippen molar-refractivity contribution < 1.29 is 9.34 Å². The summed E-state index contributed by atoms with van der Waals surface area (Å²) in [5, 5.41) is 12.9. The second-order valence-electron chi connectivity index (χ2n) is 4.42. The molecule has 4 heteroatoms. The van der Waals surface area contributed by atoms with Gasteiger partial charge in [-0.25, -0.2) is 0 Å². The Morgan fingerprint density at radius 2 is 1.72 bits per heavy atom. The van der Waals surface area contributed by atoms with Crippen LogP contribution >= 0.6 is 0 Å². The zero-order valence-corrected chi connectivity index (χ0v) is 10.1.